The lowest BCUT2D eigenvalue weighted by Gasteiger charge is -2.05. The Morgan fingerprint density at radius 3 is 2.12 bits per heavy atom. The molecule has 17 heavy (non-hydrogen) atoms. The number of aryl methyl sites for hydroxylation is 1. The molecule has 1 nitrogen and oxygen atoms in total. The number of hydrogen-bond acceptors (Lipinski definition) is 1. The molecule has 0 aliphatic heterocycles. The Hall–Kier alpha value is -1.47. The number of halogens is 1. The van der Waals surface area contributed by atoms with Gasteiger partial charge in [0, 0.05) is 0 Å². The van der Waals surface area contributed by atoms with E-state index in [-0.39, 0.29) is 0 Å². The van der Waals surface area contributed by atoms with E-state index in [0.29, 0.717) is 10.7 Å². The van der Waals surface area contributed by atoms with Crippen LogP contribution in [0, 0.1) is 0 Å². The molecule has 0 saturated heterocycles. The van der Waals surface area contributed by atoms with Gasteiger partial charge in [0.25, 0.3) is 0 Å². The van der Waals surface area contributed by atoms with E-state index < -0.39 is 0 Å². The third kappa shape index (κ3) is 3.01. The van der Waals surface area contributed by atoms with Crippen molar-refractivity contribution in [2.45, 2.75) is 19.8 Å². The minimum absolute atomic E-state index is 0.620. The van der Waals surface area contributed by atoms with Gasteiger partial charge in [0.2, 0.25) is 0 Å². The average molecular weight is 246 g/mol. The maximum Gasteiger partial charge on any atom is 0.0635 e. The third-order valence-electron chi connectivity index (χ3n) is 2.90. The minimum Gasteiger partial charge on any atom is -0.398 e. The van der Waals surface area contributed by atoms with Gasteiger partial charge in [-0.3, -0.25) is 0 Å². The van der Waals surface area contributed by atoms with Gasteiger partial charge in [-0.1, -0.05) is 48.9 Å². The highest BCUT2D eigenvalue weighted by Gasteiger charge is 2.00. The van der Waals surface area contributed by atoms with Gasteiger partial charge < -0.3 is 5.73 Å². The van der Waals surface area contributed by atoms with Crippen LogP contribution >= 0.6 is 11.6 Å². The lowest BCUT2D eigenvalue weighted by atomic mass is 10.0. The Bertz CT molecular complexity index is 503. The third-order valence-corrected chi connectivity index (χ3v) is 3.24. The molecule has 2 aromatic carbocycles. The molecule has 0 bridgehead atoms. The molecule has 0 aromatic heterocycles. The van der Waals surface area contributed by atoms with Gasteiger partial charge in [0.05, 0.1) is 10.7 Å². The van der Waals surface area contributed by atoms with Crippen molar-refractivity contribution in [1.29, 1.82) is 0 Å². The van der Waals surface area contributed by atoms with E-state index in [4.69, 9.17) is 17.3 Å². The van der Waals surface area contributed by atoms with E-state index >= 15 is 0 Å². The van der Waals surface area contributed by atoms with E-state index in [9.17, 15) is 0 Å². The molecule has 0 spiro atoms. The van der Waals surface area contributed by atoms with Crippen LogP contribution in [-0.4, -0.2) is 0 Å². The first kappa shape index (κ1) is 12.0. The van der Waals surface area contributed by atoms with Crippen LogP contribution in [0.5, 0.6) is 0 Å². The largest absolute Gasteiger partial charge is 0.398 e. The van der Waals surface area contributed by atoms with Crippen LogP contribution in [0.25, 0.3) is 0 Å². The normalized spacial score (nSPS) is 10.5. The van der Waals surface area contributed by atoms with Crippen molar-refractivity contribution in [3.63, 3.8) is 0 Å². The SMILES string of the molecule is CCc1ccc(Cc2ccc(Cl)c(N)c2)cc1. The molecule has 0 radical (unpaired) electrons. The van der Waals surface area contributed by atoms with Crippen LogP contribution in [0.1, 0.15) is 23.6 Å². The molecule has 0 amide bonds. The van der Waals surface area contributed by atoms with E-state index in [0.717, 1.165) is 12.8 Å². The lowest BCUT2D eigenvalue weighted by Crippen LogP contribution is -1.92. The number of benzene rings is 2. The maximum atomic E-state index is 5.90. The maximum absolute atomic E-state index is 5.90. The summed E-state index contributed by atoms with van der Waals surface area (Å²) in [6, 6.07) is 14.5. The first-order chi connectivity index (χ1) is 8.19. The number of nitrogen functional groups attached to an aromatic ring is 1. The molecule has 0 unspecified atom stereocenters. The molecule has 0 aliphatic carbocycles. The van der Waals surface area contributed by atoms with Gasteiger partial charge >= 0.3 is 0 Å². The Morgan fingerprint density at radius 1 is 0.941 bits per heavy atom. The topological polar surface area (TPSA) is 26.0 Å². The van der Waals surface area contributed by atoms with Crippen molar-refractivity contribution in [2.24, 2.45) is 0 Å². The molecule has 2 rings (SSSR count). The fourth-order valence-corrected chi connectivity index (χ4v) is 1.95. The van der Waals surface area contributed by atoms with Gasteiger partial charge in [-0.2, -0.15) is 0 Å². The first-order valence-corrected chi connectivity index (χ1v) is 6.18. The van der Waals surface area contributed by atoms with Gasteiger partial charge in [-0.05, 0) is 41.7 Å². The Balaban J connectivity index is 2.16. The van der Waals surface area contributed by atoms with Crippen molar-refractivity contribution in [3.05, 3.63) is 64.2 Å². The van der Waals surface area contributed by atoms with E-state index in [2.05, 4.69) is 31.2 Å². The van der Waals surface area contributed by atoms with Crippen molar-refractivity contribution in [3.8, 4) is 0 Å². The quantitative estimate of drug-likeness (QED) is 0.811. The summed E-state index contributed by atoms with van der Waals surface area (Å²) < 4.78 is 0. The monoisotopic (exact) mass is 245 g/mol. The van der Waals surface area contributed by atoms with Gasteiger partial charge in [-0.25, -0.2) is 0 Å². The van der Waals surface area contributed by atoms with E-state index in [1.807, 2.05) is 18.2 Å². The summed E-state index contributed by atoms with van der Waals surface area (Å²) >= 11 is 5.90. The number of anilines is 1. The van der Waals surface area contributed by atoms with Crippen molar-refractivity contribution in [1.82, 2.24) is 0 Å². The van der Waals surface area contributed by atoms with Crippen molar-refractivity contribution >= 4 is 17.3 Å². The zero-order valence-corrected chi connectivity index (χ0v) is 10.7. The number of hydrogen-bond donors (Lipinski definition) is 1. The number of nitrogens with two attached hydrogens (primary N) is 1. The van der Waals surface area contributed by atoms with Crippen LogP contribution in [0.15, 0.2) is 42.5 Å². The zero-order valence-electron chi connectivity index (χ0n) is 9.91. The summed E-state index contributed by atoms with van der Waals surface area (Å²) in [5.41, 5.74) is 10.3. The van der Waals surface area contributed by atoms with Crippen LogP contribution in [-0.2, 0) is 12.8 Å². The second-order valence-corrected chi connectivity index (χ2v) is 4.61. The molecule has 2 N–H and O–H groups in total. The van der Waals surface area contributed by atoms with E-state index in [1.54, 1.807) is 0 Å². The van der Waals surface area contributed by atoms with Crippen LogP contribution in [0.4, 0.5) is 5.69 Å². The predicted molar refractivity (Wildman–Crippen MR) is 74.5 cm³/mol. The van der Waals surface area contributed by atoms with E-state index in [1.165, 1.54) is 16.7 Å². The second-order valence-electron chi connectivity index (χ2n) is 4.20. The Morgan fingerprint density at radius 2 is 1.53 bits per heavy atom. The zero-order chi connectivity index (χ0) is 12.3. The van der Waals surface area contributed by atoms with Crippen LogP contribution in [0.2, 0.25) is 5.02 Å². The molecule has 88 valence electrons. The van der Waals surface area contributed by atoms with Gasteiger partial charge in [0.15, 0.2) is 0 Å². The van der Waals surface area contributed by atoms with Gasteiger partial charge in [-0.15, -0.1) is 0 Å². The summed E-state index contributed by atoms with van der Waals surface area (Å²) in [5.74, 6) is 0. The highest BCUT2D eigenvalue weighted by molar-refractivity contribution is 6.33. The molecular formula is C15H16ClN. The summed E-state index contributed by atoms with van der Waals surface area (Å²) in [5, 5.41) is 0.620. The molecule has 0 heterocycles. The fourth-order valence-electron chi connectivity index (χ4n) is 1.83. The predicted octanol–water partition coefficient (Wildman–Crippen LogP) is 4.08. The summed E-state index contributed by atoms with van der Waals surface area (Å²) in [6.07, 6.45) is 1.97. The second kappa shape index (κ2) is 5.24. The van der Waals surface area contributed by atoms with Crippen molar-refractivity contribution < 1.29 is 0 Å². The Labute approximate surface area is 107 Å². The molecule has 2 aromatic rings. The standard InChI is InChI=1S/C15H16ClN/c1-2-11-3-5-12(6-4-11)9-13-7-8-14(16)15(17)10-13/h3-8,10H,2,9,17H2,1H3. The summed E-state index contributed by atoms with van der Waals surface area (Å²) in [4.78, 5) is 0. The first-order valence-electron chi connectivity index (χ1n) is 5.80. The molecule has 0 fully saturated rings. The van der Waals surface area contributed by atoms with Crippen molar-refractivity contribution in [2.75, 3.05) is 5.73 Å². The smallest absolute Gasteiger partial charge is 0.0635 e. The highest BCUT2D eigenvalue weighted by Crippen LogP contribution is 2.21. The van der Waals surface area contributed by atoms with Crippen LogP contribution < -0.4 is 5.73 Å². The molecule has 2 heteroatoms. The summed E-state index contributed by atoms with van der Waals surface area (Å²) in [6.45, 7) is 2.16. The minimum atomic E-state index is 0.620. The highest BCUT2D eigenvalue weighted by atomic mass is 35.5. The molecule has 0 aliphatic rings. The molecule has 0 atom stereocenters. The fraction of sp³-hybridized carbons (Fsp3) is 0.200. The van der Waals surface area contributed by atoms with Gasteiger partial charge in [0.1, 0.15) is 0 Å². The summed E-state index contributed by atoms with van der Waals surface area (Å²) in [7, 11) is 0. The Kier molecular flexibility index (Phi) is 3.70. The molecular weight excluding hydrogens is 230 g/mol. The number of rotatable bonds is 3. The molecule has 0 saturated carbocycles. The average Bonchev–Trinajstić information content (AvgIpc) is 2.35. The van der Waals surface area contributed by atoms with Crippen LogP contribution in [0.3, 0.4) is 0 Å². The lowest BCUT2D eigenvalue weighted by molar-refractivity contribution is 1.12.